The summed E-state index contributed by atoms with van der Waals surface area (Å²) in [6.07, 6.45) is 1.25. The molecular formula is C17H27BrN2. The minimum absolute atomic E-state index is 0.577. The molecule has 2 atom stereocenters. The highest BCUT2D eigenvalue weighted by Gasteiger charge is 2.30. The monoisotopic (exact) mass is 338 g/mol. The van der Waals surface area contributed by atoms with Gasteiger partial charge in [-0.25, -0.2) is 0 Å². The molecule has 0 radical (unpaired) electrons. The summed E-state index contributed by atoms with van der Waals surface area (Å²) in [5.41, 5.74) is 1.34. The van der Waals surface area contributed by atoms with Gasteiger partial charge in [-0.15, -0.1) is 0 Å². The molecule has 2 unspecified atom stereocenters. The van der Waals surface area contributed by atoms with Gasteiger partial charge in [0.25, 0.3) is 0 Å². The van der Waals surface area contributed by atoms with Gasteiger partial charge in [0.15, 0.2) is 0 Å². The van der Waals surface area contributed by atoms with Crippen LogP contribution >= 0.6 is 15.9 Å². The second kappa shape index (κ2) is 6.95. The predicted molar refractivity (Wildman–Crippen MR) is 91.4 cm³/mol. The lowest BCUT2D eigenvalue weighted by Crippen LogP contribution is -2.58. The number of nitrogens with zero attached hydrogens (tertiary/aromatic N) is 1. The van der Waals surface area contributed by atoms with Crippen LogP contribution in [-0.4, -0.2) is 25.2 Å². The molecule has 0 amide bonds. The standard InChI is InChI=1S/C17H27BrN2/c1-12(2)8-15-11-20(17(10-19-15)13(3)4)16-7-5-6-14(18)9-16/h5-7,9,12-13,15,17,19H,8,10-11H2,1-4H3. The third-order valence-corrected chi connectivity index (χ3v) is 4.59. The molecule has 1 aliphatic heterocycles. The van der Waals surface area contributed by atoms with E-state index in [0.29, 0.717) is 18.0 Å². The molecule has 2 nitrogen and oxygen atoms in total. The molecule has 112 valence electrons. The molecule has 1 aromatic rings. The Labute approximate surface area is 132 Å². The van der Waals surface area contributed by atoms with Gasteiger partial charge in [0.2, 0.25) is 0 Å². The van der Waals surface area contributed by atoms with Gasteiger partial charge in [0.05, 0.1) is 0 Å². The molecule has 3 heteroatoms. The van der Waals surface area contributed by atoms with Crippen LogP contribution in [0.5, 0.6) is 0 Å². The van der Waals surface area contributed by atoms with Crippen molar-refractivity contribution in [3.8, 4) is 0 Å². The van der Waals surface area contributed by atoms with Crippen LogP contribution in [0.15, 0.2) is 28.7 Å². The first-order valence-corrected chi connectivity index (χ1v) is 8.52. The Balaban J connectivity index is 2.18. The molecule has 1 saturated heterocycles. The van der Waals surface area contributed by atoms with E-state index in [1.54, 1.807) is 0 Å². The van der Waals surface area contributed by atoms with Crippen LogP contribution in [0.2, 0.25) is 0 Å². The Hall–Kier alpha value is -0.540. The van der Waals surface area contributed by atoms with E-state index in [1.165, 1.54) is 12.1 Å². The highest BCUT2D eigenvalue weighted by molar-refractivity contribution is 9.10. The van der Waals surface area contributed by atoms with Gasteiger partial charge in [-0.3, -0.25) is 0 Å². The van der Waals surface area contributed by atoms with Crippen LogP contribution < -0.4 is 10.2 Å². The number of halogens is 1. The first kappa shape index (κ1) is 15.8. The highest BCUT2D eigenvalue weighted by Crippen LogP contribution is 2.27. The van der Waals surface area contributed by atoms with Crippen LogP contribution in [0.25, 0.3) is 0 Å². The molecule has 0 aliphatic carbocycles. The summed E-state index contributed by atoms with van der Waals surface area (Å²) in [7, 11) is 0. The Morgan fingerprint density at radius 3 is 2.65 bits per heavy atom. The van der Waals surface area contributed by atoms with Crippen molar-refractivity contribution in [2.75, 3.05) is 18.0 Å². The second-order valence-electron chi connectivity index (χ2n) is 6.68. The first-order valence-electron chi connectivity index (χ1n) is 7.73. The summed E-state index contributed by atoms with van der Waals surface area (Å²) in [6.45, 7) is 11.4. The summed E-state index contributed by atoms with van der Waals surface area (Å²) in [4.78, 5) is 2.60. The zero-order valence-electron chi connectivity index (χ0n) is 13.1. The van der Waals surface area contributed by atoms with Crippen molar-refractivity contribution in [1.29, 1.82) is 0 Å². The van der Waals surface area contributed by atoms with Crippen molar-refractivity contribution in [1.82, 2.24) is 5.32 Å². The number of rotatable bonds is 4. The molecule has 0 aromatic heterocycles. The Kier molecular flexibility index (Phi) is 5.50. The Morgan fingerprint density at radius 2 is 2.05 bits per heavy atom. The van der Waals surface area contributed by atoms with Crippen molar-refractivity contribution in [2.45, 2.75) is 46.2 Å². The molecule has 1 heterocycles. The third kappa shape index (κ3) is 3.98. The average molecular weight is 339 g/mol. The summed E-state index contributed by atoms with van der Waals surface area (Å²) in [6, 6.07) is 9.89. The Morgan fingerprint density at radius 1 is 1.30 bits per heavy atom. The van der Waals surface area contributed by atoms with Gasteiger partial charge in [-0.05, 0) is 36.5 Å². The van der Waals surface area contributed by atoms with Gasteiger partial charge in [0, 0.05) is 35.3 Å². The van der Waals surface area contributed by atoms with Crippen LogP contribution in [-0.2, 0) is 0 Å². The van der Waals surface area contributed by atoms with Gasteiger partial charge >= 0.3 is 0 Å². The van der Waals surface area contributed by atoms with Crippen LogP contribution in [0, 0.1) is 11.8 Å². The van der Waals surface area contributed by atoms with E-state index in [1.807, 2.05) is 0 Å². The largest absolute Gasteiger partial charge is 0.365 e. The van der Waals surface area contributed by atoms with Crippen molar-refractivity contribution >= 4 is 21.6 Å². The lowest BCUT2D eigenvalue weighted by atomic mass is 9.94. The number of nitrogens with one attached hydrogen (secondary N) is 1. The third-order valence-electron chi connectivity index (χ3n) is 4.10. The Bertz CT molecular complexity index is 431. The van der Waals surface area contributed by atoms with E-state index in [9.17, 15) is 0 Å². The topological polar surface area (TPSA) is 15.3 Å². The lowest BCUT2D eigenvalue weighted by Gasteiger charge is -2.44. The van der Waals surface area contributed by atoms with E-state index < -0.39 is 0 Å². The van der Waals surface area contributed by atoms with E-state index >= 15 is 0 Å². The second-order valence-corrected chi connectivity index (χ2v) is 7.59. The first-order chi connectivity index (χ1) is 9.47. The van der Waals surface area contributed by atoms with Crippen molar-refractivity contribution < 1.29 is 0 Å². The normalized spacial score (nSPS) is 23.6. The smallest absolute Gasteiger partial charge is 0.0438 e. The zero-order valence-corrected chi connectivity index (χ0v) is 14.7. The SMILES string of the molecule is CC(C)CC1CN(c2cccc(Br)c2)C(C(C)C)CN1. The summed E-state index contributed by atoms with van der Waals surface area (Å²) in [5.74, 6) is 1.40. The molecular weight excluding hydrogens is 312 g/mol. The van der Waals surface area contributed by atoms with E-state index in [2.05, 4.69) is 78.1 Å². The lowest BCUT2D eigenvalue weighted by molar-refractivity contribution is 0.310. The zero-order chi connectivity index (χ0) is 14.7. The minimum Gasteiger partial charge on any atom is -0.365 e. The highest BCUT2D eigenvalue weighted by atomic mass is 79.9. The van der Waals surface area contributed by atoms with Gasteiger partial charge in [-0.2, -0.15) is 0 Å². The maximum absolute atomic E-state index is 3.74. The molecule has 0 bridgehead atoms. The fourth-order valence-corrected chi connectivity index (χ4v) is 3.50. The van der Waals surface area contributed by atoms with Gasteiger partial charge in [0.1, 0.15) is 0 Å². The maximum atomic E-state index is 3.74. The predicted octanol–water partition coefficient (Wildman–Crippen LogP) is 4.30. The van der Waals surface area contributed by atoms with E-state index in [0.717, 1.165) is 23.5 Å². The average Bonchev–Trinajstić information content (AvgIpc) is 2.37. The minimum atomic E-state index is 0.577. The number of benzene rings is 1. The summed E-state index contributed by atoms with van der Waals surface area (Å²) in [5, 5.41) is 3.74. The molecule has 0 saturated carbocycles. The van der Waals surface area contributed by atoms with Crippen molar-refractivity contribution in [3.05, 3.63) is 28.7 Å². The van der Waals surface area contributed by atoms with E-state index in [4.69, 9.17) is 0 Å². The van der Waals surface area contributed by atoms with Gasteiger partial charge < -0.3 is 10.2 Å². The number of piperazine rings is 1. The summed E-state index contributed by atoms with van der Waals surface area (Å²) >= 11 is 3.60. The number of anilines is 1. The fourth-order valence-electron chi connectivity index (χ4n) is 3.11. The molecule has 1 N–H and O–H groups in total. The van der Waals surface area contributed by atoms with Crippen molar-refractivity contribution in [2.24, 2.45) is 11.8 Å². The molecule has 1 fully saturated rings. The number of hydrogen-bond acceptors (Lipinski definition) is 2. The quantitative estimate of drug-likeness (QED) is 0.880. The van der Waals surface area contributed by atoms with E-state index in [-0.39, 0.29) is 0 Å². The maximum Gasteiger partial charge on any atom is 0.0438 e. The molecule has 1 aromatic carbocycles. The molecule has 1 aliphatic rings. The van der Waals surface area contributed by atoms with Crippen LogP contribution in [0.3, 0.4) is 0 Å². The van der Waals surface area contributed by atoms with Crippen LogP contribution in [0.4, 0.5) is 5.69 Å². The molecule has 0 spiro atoms. The molecule has 20 heavy (non-hydrogen) atoms. The fraction of sp³-hybridized carbons (Fsp3) is 0.647. The summed E-state index contributed by atoms with van der Waals surface area (Å²) < 4.78 is 1.16. The van der Waals surface area contributed by atoms with Crippen molar-refractivity contribution in [3.63, 3.8) is 0 Å². The number of hydrogen-bond donors (Lipinski definition) is 1. The molecule has 2 rings (SSSR count). The van der Waals surface area contributed by atoms with Gasteiger partial charge in [-0.1, -0.05) is 49.7 Å². The van der Waals surface area contributed by atoms with Crippen LogP contribution in [0.1, 0.15) is 34.1 Å².